The van der Waals surface area contributed by atoms with Gasteiger partial charge in [0.1, 0.15) is 0 Å². The van der Waals surface area contributed by atoms with Crippen LogP contribution in [0.25, 0.3) is 0 Å². The molecule has 5 heteroatoms. The summed E-state index contributed by atoms with van der Waals surface area (Å²) in [7, 11) is 0. The Kier molecular flexibility index (Phi) is 9.19. The Labute approximate surface area is 104 Å². The number of nitrogens with one attached hydrogen (secondary N) is 2. The van der Waals surface area contributed by atoms with Crippen molar-refractivity contribution < 1.29 is 4.79 Å². The van der Waals surface area contributed by atoms with Crippen molar-refractivity contribution in [2.24, 2.45) is 5.73 Å². The Bertz CT molecular complexity index is 221. The average molecular weight is 242 g/mol. The van der Waals surface area contributed by atoms with Gasteiger partial charge in [0.15, 0.2) is 5.96 Å². The molecule has 0 unspecified atom stereocenters. The van der Waals surface area contributed by atoms with Crippen molar-refractivity contribution in [2.45, 2.75) is 52.4 Å². The van der Waals surface area contributed by atoms with Crippen LogP contribution in [-0.4, -0.2) is 30.0 Å². The third kappa shape index (κ3) is 8.54. The lowest BCUT2D eigenvalue weighted by atomic mass is 10.2. The van der Waals surface area contributed by atoms with Crippen molar-refractivity contribution in [3.05, 3.63) is 0 Å². The summed E-state index contributed by atoms with van der Waals surface area (Å²) in [5.74, 6) is 0.129. The molecule has 0 heterocycles. The Morgan fingerprint density at radius 3 is 1.94 bits per heavy atom. The van der Waals surface area contributed by atoms with E-state index in [9.17, 15) is 4.79 Å². The fraction of sp³-hybridized carbons (Fsp3) is 0.833. The lowest BCUT2D eigenvalue weighted by Crippen LogP contribution is -2.46. The third-order valence-corrected chi connectivity index (χ3v) is 2.62. The van der Waals surface area contributed by atoms with Crippen LogP contribution in [0.15, 0.2) is 0 Å². The van der Waals surface area contributed by atoms with E-state index in [0.29, 0.717) is 0 Å². The van der Waals surface area contributed by atoms with Crippen LogP contribution in [0, 0.1) is 5.41 Å². The van der Waals surface area contributed by atoms with Gasteiger partial charge in [-0.1, -0.05) is 39.5 Å². The minimum Gasteiger partial charge on any atom is -0.351 e. The van der Waals surface area contributed by atoms with E-state index in [1.54, 1.807) is 0 Å². The van der Waals surface area contributed by atoms with Gasteiger partial charge < -0.3 is 10.6 Å². The minimum atomic E-state index is -0.661. The van der Waals surface area contributed by atoms with Crippen LogP contribution in [0.4, 0.5) is 4.79 Å². The number of nitrogens with two attached hydrogens (primary N) is 1. The monoisotopic (exact) mass is 242 g/mol. The largest absolute Gasteiger partial charge is 0.351 e. The molecule has 0 rings (SSSR count). The molecule has 5 nitrogen and oxygen atoms in total. The zero-order valence-corrected chi connectivity index (χ0v) is 11.1. The van der Waals surface area contributed by atoms with Crippen LogP contribution >= 0.6 is 0 Å². The molecule has 0 saturated carbocycles. The van der Waals surface area contributed by atoms with Gasteiger partial charge in [-0.2, -0.15) is 0 Å². The van der Waals surface area contributed by atoms with Gasteiger partial charge in [-0.25, -0.2) is 4.79 Å². The molecule has 0 saturated heterocycles. The number of nitrogens with zero attached hydrogens (tertiary/aromatic N) is 1. The van der Waals surface area contributed by atoms with Crippen molar-refractivity contribution in [3.63, 3.8) is 0 Å². The number of amides is 2. The fourth-order valence-electron chi connectivity index (χ4n) is 1.64. The van der Waals surface area contributed by atoms with Crippen molar-refractivity contribution in [3.8, 4) is 0 Å². The molecule has 100 valence electrons. The maximum atomic E-state index is 10.7. The average Bonchev–Trinajstić information content (AvgIpc) is 2.26. The first-order valence-electron chi connectivity index (χ1n) is 6.51. The number of rotatable bonds is 8. The Morgan fingerprint density at radius 1 is 1.12 bits per heavy atom. The van der Waals surface area contributed by atoms with Crippen molar-refractivity contribution in [1.82, 2.24) is 10.2 Å². The Balaban J connectivity index is 4.07. The van der Waals surface area contributed by atoms with Gasteiger partial charge >= 0.3 is 6.03 Å². The third-order valence-electron chi connectivity index (χ3n) is 2.62. The molecule has 0 bridgehead atoms. The predicted octanol–water partition coefficient (Wildman–Crippen LogP) is 2.27. The quantitative estimate of drug-likeness (QED) is 0.346. The SMILES string of the molecule is CCCCCN(CCCCC)C(=N)NC(N)=O. The summed E-state index contributed by atoms with van der Waals surface area (Å²) in [5, 5.41) is 10.1. The molecule has 17 heavy (non-hydrogen) atoms. The molecular weight excluding hydrogens is 216 g/mol. The molecule has 0 atom stereocenters. The molecule has 0 spiro atoms. The van der Waals surface area contributed by atoms with Gasteiger partial charge in [-0.15, -0.1) is 0 Å². The number of carbonyl (C=O) groups excluding carboxylic acids is 1. The number of unbranched alkanes of at least 4 members (excludes halogenated alkanes) is 4. The molecule has 0 aliphatic carbocycles. The van der Waals surface area contributed by atoms with Crippen LogP contribution < -0.4 is 11.1 Å². The highest BCUT2D eigenvalue weighted by atomic mass is 16.2. The molecule has 0 aliphatic heterocycles. The molecule has 0 fully saturated rings. The number of hydrogen-bond acceptors (Lipinski definition) is 2. The van der Waals surface area contributed by atoms with E-state index >= 15 is 0 Å². The zero-order chi connectivity index (χ0) is 13.1. The van der Waals surface area contributed by atoms with Crippen LogP contribution in [0.1, 0.15) is 52.4 Å². The Morgan fingerprint density at radius 2 is 1.59 bits per heavy atom. The molecule has 0 aromatic heterocycles. The zero-order valence-electron chi connectivity index (χ0n) is 11.1. The van der Waals surface area contributed by atoms with Crippen LogP contribution in [0.2, 0.25) is 0 Å². The molecule has 0 aromatic rings. The van der Waals surface area contributed by atoms with Gasteiger partial charge in [0.2, 0.25) is 0 Å². The van der Waals surface area contributed by atoms with Crippen molar-refractivity contribution in [2.75, 3.05) is 13.1 Å². The number of urea groups is 1. The molecular formula is C12H26N4O. The summed E-state index contributed by atoms with van der Waals surface area (Å²) in [6.45, 7) is 5.93. The molecule has 4 N–H and O–H groups in total. The van der Waals surface area contributed by atoms with Crippen LogP contribution in [-0.2, 0) is 0 Å². The number of carbonyl (C=O) groups is 1. The topological polar surface area (TPSA) is 82.2 Å². The first kappa shape index (κ1) is 15.7. The normalized spacial score (nSPS) is 10.0. The molecule has 0 aromatic carbocycles. The lowest BCUT2D eigenvalue weighted by molar-refractivity contribution is 0.251. The second kappa shape index (κ2) is 9.93. The summed E-state index contributed by atoms with van der Waals surface area (Å²) in [6, 6.07) is -0.661. The van der Waals surface area contributed by atoms with E-state index in [4.69, 9.17) is 11.1 Å². The van der Waals surface area contributed by atoms with Crippen LogP contribution in [0.5, 0.6) is 0 Å². The minimum absolute atomic E-state index is 0.129. The highest BCUT2D eigenvalue weighted by Gasteiger charge is 2.10. The van der Waals surface area contributed by atoms with E-state index in [0.717, 1.165) is 51.6 Å². The van der Waals surface area contributed by atoms with Crippen molar-refractivity contribution in [1.29, 1.82) is 5.41 Å². The highest BCUT2D eigenvalue weighted by Crippen LogP contribution is 2.02. The molecule has 0 radical (unpaired) electrons. The maximum absolute atomic E-state index is 10.7. The first-order valence-corrected chi connectivity index (χ1v) is 6.51. The fourth-order valence-corrected chi connectivity index (χ4v) is 1.64. The van der Waals surface area contributed by atoms with Gasteiger partial charge in [0, 0.05) is 13.1 Å². The lowest BCUT2D eigenvalue weighted by Gasteiger charge is -2.24. The maximum Gasteiger partial charge on any atom is 0.318 e. The number of hydrogen-bond donors (Lipinski definition) is 3. The Hall–Kier alpha value is -1.26. The smallest absolute Gasteiger partial charge is 0.318 e. The van der Waals surface area contributed by atoms with E-state index < -0.39 is 6.03 Å². The van der Waals surface area contributed by atoms with Gasteiger partial charge in [0.05, 0.1) is 0 Å². The number of primary amides is 1. The van der Waals surface area contributed by atoms with Gasteiger partial charge in [-0.3, -0.25) is 10.7 Å². The summed E-state index contributed by atoms with van der Waals surface area (Å²) < 4.78 is 0. The van der Waals surface area contributed by atoms with E-state index in [1.807, 2.05) is 4.90 Å². The first-order chi connectivity index (χ1) is 8.11. The standard InChI is InChI=1S/C12H26N4O/c1-3-5-7-9-16(10-8-6-4-2)11(13)15-12(14)17/h3-10H2,1-2H3,(H4,13,14,15,17). The highest BCUT2D eigenvalue weighted by molar-refractivity contribution is 5.93. The van der Waals surface area contributed by atoms with E-state index in [1.165, 1.54) is 0 Å². The second-order valence-electron chi connectivity index (χ2n) is 4.24. The number of guanidine groups is 1. The summed E-state index contributed by atoms with van der Waals surface area (Å²) in [5.41, 5.74) is 5.02. The summed E-state index contributed by atoms with van der Waals surface area (Å²) in [6.07, 6.45) is 6.69. The molecule has 2 amide bonds. The summed E-state index contributed by atoms with van der Waals surface area (Å²) in [4.78, 5) is 12.6. The van der Waals surface area contributed by atoms with E-state index in [2.05, 4.69) is 19.2 Å². The van der Waals surface area contributed by atoms with E-state index in [-0.39, 0.29) is 5.96 Å². The van der Waals surface area contributed by atoms with Gasteiger partial charge in [0.25, 0.3) is 0 Å². The predicted molar refractivity (Wildman–Crippen MR) is 71.1 cm³/mol. The summed E-state index contributed by atoms with van der Waals surface area (Å²) >= 11 is 0. The second-order valence-corrected chi connectivity index (χ2v) is 4.24. The molecule has 0 aliphatic rings. The van der Waals surface area contributed by atoms with Crippen LogP contribution in [0.3, 0.4) is 0 Å². The van der Waals surface area contributed by atoms with Crippen molar-refractivity contribution >= 4 is 12.0 Å². The van der Waals surface area contributed by atoms with Gasteiger partial charge in [-0.05, 0) is 12.8 Å².